The van der Waals surface area contributed by atoms with Crippen LogP contribution in [0.15, 0.2) is 18.2 Å². The van der Waals surface area contributed by atoms with Gasteiger partial charge in [-0.25, -0.2) is 0 Å². The second kappa shape index (κ2) is 3.84. The minimum atomic E-state index is -1.76. The minimum absolute atomic E-state index is 0.190. The molecule has 1 aromatic carbocycles. The summed E-state index contributed by atoms with van der Waals surface area (Å²) in [4.78, 5) is 14.2. The van der Waals surface area contributed by atoms with Gasteiger partial charge in [-0.05, 0) is 37.3 Å². The molecule has 2 rings (SSSR count). The number of amides is 1. The van der Waals surface area contributed by atoms with E-state index in [-0.39, 0.29) is 11.3 Å². The van der Waals surface area contributed by atoms with Crippen LogP contribution in [0, 0.1) is 0 Å². The molecule has 1 amide bonds. The van der Waals surface area contributed by atoms with Crippen molar-refractivity contribution in [1.29, 1.82) is 0 Å². The highest BCUT2D eigenvalue weighted by Gasteiger charge is 2.37. The molecule has 1 aliphatic heterocycles. The molecule has 0 N–H and O–H groups in total. The van der Waals surface area contributed by atoms with Gasteiger partial charge in [0.15, 0.2) is 0 Å². The van der Waals surface area contributed by atoms with Crippen molar-refractivity contribution < 1.29 is 7.54 Å². The summed E-state index contributed by atoms with van der Waals surface area (Å²) in [6.45, 7) is 9.98. The molecule has 0 aromatic heterocycles. The van der Waals surface area contributed by atoms with Gasteiger partial charge in [0, 0.05) is 17.6 Å². The summed E-state index contributed by atoms with van der Waals surface area (Å²) in [7, 11) is 0. The zero-order valence-corrected chi connectivity index (χ0v) is 12.1. The van der Waals surface area contributed by atoms with Crippen LogP contribution in [0.25, 0.3) is 0 Å². The molecule has 1 heterocycles. The van der Waals surface area contributed by atoms with E-state index in [0.29, 0.717) is 11.1 Å². The van der Waals surface area contributed by atoms with E-state index in [4.69, 9.17) is 2.74 Å². The van der Waals surface area contributed by atoms with Gasteiger partial charge in [-0.15, -0.1) is 0 Å². The quantitative estimate of drug-likeness (QED) is 0.684. The Morgan fingerprint density at radius 2 is 1.78 bits per heavy atom. The van der Waals surface area contributed by atoms with Crippen LogP contribution in [0.2, 0.25) is 0 Å². The standard InChI is InChI=1S/C16H23NO/c1-15(2,3)12-9-7-8-11-10-17(16(4,5)6)14(18)13(11)12/h7-9H,10H2,1-6H3/i10D2. The lowest BCUT2D eigenvalue weighted by molar-refractivity contribution is 0.0608. The molecule has 0 saturated heterocycles. The van der Waals surface area contributed by atoms with Crippen molar-refractivity contribution >= 4 is 5.91 Å². The normalized spacial score (nSPS) is 20.6. The van der Waals surface area contributed by atoms with E-state index in [1.165, 1.54) is 4.90 Å². The molecule has 0 radical (unpaired) electrons. The van der Waals surface area contributed by atoms with Gasteiger partial charge in [-0.3, -0.25) is 4.79 Å². The summed E-state index contributed by atoms with van der Waals surface area (Å²) < 4.78 is 16.8. The first-order chi connectivity index (χ1) is 8.88. The average Bonchev–Trinajstić information content (AvgIpc) is 2.44. The molecule has 1 aliphatic rings. The van der Waals surface area contributed by atoms with Crippen molar-refractivity contribution in [2.45, 2.75) is 59.0 Å². The molecule has 0 unspecified atom stereocenters. The van der Waals surface area contributed by atoms with Gasteiger partial charge in [0.25, 0.3) is 5.91 Å². The monoisotopic (exact) mass is 247 g/mol. The largest absolute Gasteiger partial charge is 0.329 e. The van der Waals surface area contributed by atoms with Gasteiger partial charge in [-0.1, -0.05) is 39.0 Å². The highest BCUT2D eigenvalue weighted by atomic mass is 16.2. The second-order valence-electron chi connectivity index (χ2n) is 6.90. The highest BCUT2D eigenvalue weighted by Crippen LogP contribution is 2.35. The number of benzene rings is 1. The maximum atomic E-state index is 12.8. The first kappa shape index (κ1) is 10.6. The van der Waals surface area contributed by atoms with Crippen LogP contribution in [0.3, 0.4) is 0 Å². The maximum Gasteiger partial charge on any atom is 0.255 e. The Hall–Kier alpha value is -1.31. The molecular formula is C16H23NO. The summed E-state index contributed by atoms with van der Waals surface area (Å²) >= 11 is 0. The Morgan fingerprint density at radius 1 is 1.17 bits per heavy atom. The third-order valence-electron chi connectivity index (χ3n) is 3.19. The topological polar surface area (TPSA) is 20.3 Å². The van der Waals surface area contributed by atoms with Crippen molar-refractivity contribution in [1.82, 2.24) is 4.90 Å². The van der Waals surface area contributed by atoms with Crippen LogP contribution in [0.5, 0.6) is 0 Å². The minimum Gasteiger partial charge on any atom is -0.329 e. The van der Waals surface area contributed by atoms with Crippen molar-refractivity contribution in [2.75, 3.05) is 0 Å². The predicted molar refractivity (Wildman–Crippen MR) is 74.8 cm³/mol. The molecule has 98 valence electrons. The summed E-state index contributed by atoms with van der Waals surface area (Å²) in [5.41, 5.74) is 1.19. The average molecular weight is 247 g/mol. The van der Waals surface area contributed by atoms with Gasteiger partial charge in [0.2, 0.25) is 0 Å². The Bertz CT molecular complexity index is 565. The van der Waals surface area contributed by atoms with E-state index in [1.54, 1.807) is 6.07 Å². The molecule has 2 nitrogen and oxygen atoms in total. The smallest absolute Gasteiger partial charge is 0.255 e. The number of carbonyl (C=O) groups is 1. The molecule has 0 aliphatic carbocycles. The summed E-state index contributed by atoms with van der Waals surface area (Å²) in [5.74, 6) is -0.206. The summed E-state index contributed by atoms with van der Waals surface area (Å²) in [6.07, 6.45) is 0. The zero-order chi connectivity index (χ0) is 15.5. The zero-order valence-electron chi connectivity index (χ0n) is 14.1. The van der Waals surface area contributed by atoms with Crippen LogP contribution in [0.1, 0.15) is 65.8 Å². The van der Waals surface area contributed by atoms with Crippen LogP contribution < -0.4 is 0 Å². The molecule has 2 heteroatoms. The van der Waals surface area contributed by atoms with E-state index in [1.807, 2.05) is 53.7 Å². The highest BCUT2D eigenvalue weighted by molar-refractivity contribution is 6.00. The number of carbonyl (C=O) groups excluding carboxylic acids is 1. The lowest BCUT2D eigenvalue weighted by Crippen LogP contribution is -2.41. The first-order valence-electron chi connectivity index (χ1n) is 7.37. The molecule has 0 atom stereocenters. The lowest BCUT2D eigenvalue weighted by atomic mass is 9.82. The Balaban J connectivity index is 2.74. The van der Waals surface area contributed by atoms with E-state index < -0.39 is 12.0 Å². The molecule has 0 bridgehead atoms. The molecule has 0 spiro atoms. The third kappa shape index (κ3) is 2.05. The number of nitrogens with zero attached hydrogens (tertiary/aromatic N) is 1. The first-order valence-corrected chi connectivity index (χ1v) is 6.37. The Kier molecular flexibility index (Phi) is 2.26. The van der Waals surface area contributed by atoms with Crippen LogP contribution in [-0.4, -0.2) is 16.3 Å². The van der Waals surface area contributed by atoms with Gasteiger partial charge < -0.3 is 4.90 Å². The number of hydrogen-bond donors (Lipinski definition) is 0. The van der Waals surface area contributed by atoms with Crippen LogP contribution >= 0.6 is 0 Å². The van der Waals surface area contributed by atoms with E-state index in [2.05, 4.69) is 0 Å². The van der Waals surface area contributed by atoms with Crippen molar-refractivity contribution in [3.63, 3.8) is 0 Å². The molecule has 18 heavy (non-hydrogen) atoms. The van der Waals surface area contributed by atoms with E-state index in [9.17, 15) is 4.79 Å². The number of hydrogen-bond acceptors (Lipinski definition) is 1. The lowest BCUT2D eigenvalue weighted by Gasteiger charge is -2.32. The summed E-state index contributed by atoms with van der Waals surface area (Å²) in [5, 5.41) is 0. The molecule has 0 saturated carbocycles. The number of fused-ring (bicyclic) bond motifs is 1. The van der Waals surface area contributed by atoms with Crippen molar-refractivity contribution in [3.05, 3.63) is 34.9 Å². The fraction of sp³-hybridized carbons (Fsp3) is 0.562. The van der Waals surface area contributed by atoms with Crippen LogP contribution in [0.4, 0.5) is 0 Å². The Morgan fingerprint density at radius 3 is 2.28 bits per heavy atom. The number of rotatable bonds is 0. The second-order valence-corrected chi connectivity index (χ2v) is 6.90. The van der Waals surface area contributed by atoms with Gasteiger partial charge in [0.1, 0.15) is 0 Å². The predicted octanol–water partition coefficient (Wildman–Crippen LogP) is 3.74. The van der Waals surface area contributed by atoms with Gasteiger partial charge >= 0.3 is 0 Å². The van der Waals surface area contributed by atoms with Crippen molar-refractivity contribution in [3.8, 4) is 0 Å². The molecular weight excluding hydrogens is 222 g/mol. The molecule has 1 aromatic rings. The third-order valence-corrected chi connectivity index (χ3v) is 3.19. The van der Waals surface area contributed by atoms with Crippen molar-refractivity contribution in [2.24, 2.45) is 0 Å². The SMILES string of the molecule is [2H]C1([2H])c2cccc(C(C)(C)C)c2C(=O)N1C(C)(C)C. The molecule has 0 fully saturated rings. The summed E-state index contributed by atoms with van der Waals surface area (Å²) in [6, 6.07) is 5.50. The Labute approximate surface area is 113 Å². The van der Waals surface area contributed by atoms with E-state index in [0.717, 1.165) is 5.56 Å². The van der Waals surface area contributed by atoms with Gasteiger partial charge in [0.05, 0.1) is 2.74 Å². The van der Waals surface area contributed by atoms with E-state index >= 15 is 0 Å². The fourth-order valence-electron chi connectivity index (χ4n) is 2.26. The van der Waals surface area contributed by atoms with Crippen LogP contribution in [-0.2, 0) is 11.9 Å². The maximum absolute atomic E-state index is 12.8. The fourth-order valence-corrected chi connectivity index (χ4v) is 2.26. The van der Waals surface area contributed by atoms with Gasteiger partial charge in [-0.2, -0.15) is 0 Å².